The Bertz CT molecular complexity index is 461. The van der Waals surface area contributed by atoms with Crippen molar-refractivity contribution in [3.8, 4) is 5.75 Å². The van der Waals surface area contributed by atoms with Crippen molar-refractivity contribution in [3.05, 3.63) is 28.8 Å². The molecule has 0 fully saturated rings. The molecule has 0 heterocycles. The van der Waals surface area contributed by atoms with Gasteiger partial charge in [-0.1, -0.05) is 11.6 Å². The lowest BCUT2D eigenvalue weighted by Gasteiger charge is -2.10. The number of benzene rings is 1. The summed E-state index contributed by atoms with van der Waals surface area (Å²) < 4.78 is 45.1. The van der Waals surface area contributed by atoms with Crippen LogP contribution in [0.5, 0.6) is 5.75 Å². The molecule has 0 N–H and O–H groups in total. The highest BCUT2D eigenvalue weighted by Crippen LogP contribution is 2.25. The second-order valence-corrected chi connectivity index (χ2v) is 4.48. The van der Waals surface area contributed by atoms with Crippen LogP contribution in [-0.4, -0.2) is 31.8 Å². The van der Waals surface area contributed by atoms with Gasteiger partial charge in [-0.05, 0) is 25.1 Å². The van der Waals surface area contributed by atoms with E-state index in [0.29, 0.717) is 17.7 Å². The van der Waals surface area contributed by atoms with Crippen LogP contribution in [0.2, 0.25) is 5.02 Å². The van der Waals surface area contributed by atoms with Gasteiger partial charge in [0.25, 0.3) is 0 Å². The van der Waals surface area contributed by atoms with Crippen molar-refractivity contribution >= 4 is 17.4 Å². The molecule has 0 aromatic heterocycles. The van der Waals surface area contributed by atoms with E-state index < -0.39 is 12.8 Å². The summed E-state index contributed by atoms with van der Waals surface area (Å²) in [5.41, 5.74) is 0.468. The van der Waals surface area contributed by atoms with Crippen LogP contribution in [0.4, 0.5) is 13.2 Å². The summed E-state index contributed by atoms with van der Waals surface area (Å²) in [4.78, 5) is 11.1. The molecule has 0 aliphatic rings. The maximum atomic E-state index is 11.8. The molecule has 0 unspecified atom stereocenters. The minimum absolute atomic E-state index is 0.0529. The summed E-state index contributed by atoms with van der Waals surface area (Å²) in [6.45, 7) is 0.283. The number of alkyl halides is 3. The number of ketones is 1. The largest absolute Gasteiger partial charge is 0.492 e. The number of carbonyl (C=O) groups excluding carboxylic acids is 1. The molecule has 7 heteroatoms. The Kier molecular flexibility index (Phi) is 6.29. The molecule has 0 bridgehead atoms. The van der Waals surface area contributed by atoms with E-state index in [2.05, 4.69) is 4.74 Å². The molecule has 0 radical (unpaired) electrons. The van der Waals surface area contributed by atoms with Crippen LogP contribution in [0, 0.1) is 0 Å². The van der Waals surface area contributed by atoms with Crippen LogP contribution in [-0.2, 0) is 4.74 Å². The number of hydrogen-bond acceptors (Lipinski definition) is 3. The van der Waals surface area contributed by atoms with Crippen LogP contribution >= 0.6 is 11.6 Å². The summed E-state index contributed by atoms with van der Waals surface area (Å²) in [7, 11) is 0. The van der Waals surface area contributed by atoms with Crippen LogP contribution in [0.15, 0.2) is 18.2 Å². The Balaban J connectivity index is 2.31. The first-order chi connectivity index (χ1) is 9.29. The number of carbonyl (C=O) groups is 1. The summed E-state index contributed by atoms with van der Waals surface area (Å²) in [6, 6.07) is 4.61. The molecular weight excluding hydrogens is 297 g/mol. The Morgan fingerprint density at radius 1 is 1.30 bits per heavy atom. The topological polar surface area (TPSA) is 35.5 Å². The monoisotopic (exact) mass is 310 g/mol. The zero-order chi connectivity index (χ0) is 15.2. The number of Topliss-reactive ketones (excluding diaryl/α,β-unsaturated/α-hetero) is 1. The molecule has 0 aliphatic heterocycles. The first kappa shape index (κ1) is 16.8. The number of hydrogen-bond donors (Lipinski definition) is 0. The molecular formula is C13H14ClF3O3. The third kappa shape index (κ3) is 6.25. The first-order valence-electron chi connectivity index (χ1n) is 5.87. The third-order valence-electron chi connectivity index (χ3n) is 2.29. The SMILES string of the molecule is CC(=O)c1ccc(OCCCOCC(F)(F)F)c(Cl)c1. The van der Waals surface area contributed by atoms with Gasteiger partial charge in [0.15, 0.2) is 5.78 Å². The first-order valence-corrected chi connectivity index (χ1v) is 6.25. The van der Waals surface area contributed by atoms with Gasteiger partial charge in [-0.2, -0.15) is 13.2 Å². The van der Waals surface area contributed by atoms with Crippen LogP contribution in [0.1, 0.15) is 23.7 Å². The molecule has 20 heavy (non-hydrogen) atoms. The minimum Gasteiger partial charge on any atom is -0.492 e. The van der Waals surface area contributed by atoms with Crippen LogP contribution in [0.25, 0.3) is 0 Å². The predicted molar refractivity (Wildman–Crippen MR) is 68.4 cm³/mol. The van der Waals surface area contributed by atoms with E-state index in [1.807, 2.05) is 0 Å². The lowest BCUT2D eigenvalue weighted by molar-refractivity contribution is -0.174. The molecule has 0 saturated heterocycles. The lowest BCUT2D eigenvalue weighted by atomic mass is 10.1. The highest BCUT2D eigenvalue weighted by Gasteiger charge is 2.27. The van der Waals surface area contributed by atoms with Gasteiger partial charge in [0.2, 0.25) is 0 Å². The molecule has 3 nitrogen and oxygen atoms in total. The zero-order valence-corrected chi connectivity index (χ0v) is 11.6. The van der Waals surface area contributed by atoms with Gasteiger partial charge in [-0.25, -0.2) is 0 Å². The van der Waals surface area contributed by atoms with Crippen LogP contribution < -0.4 is 4.74 Å². The van der Waals surface area contributed by atoms with Gasteiger partial charge in [0, 0.05) is 12.0 Å². The second kappa shape index (κ2) is 7.50. The molecule has 112 valence electrons. The maximum absolute atomic E-state index is 11.8. The third-order valence-corrected chi connectivity index (χ3v) is 2.59. The number of ether oxygens (including phenoxy) is 2. The molecule has 0 aliphatic carbocycles. The fraction of sp³-hybridized carbons (Fsp3) is 0.462. The summed E-state index contributed by atoms with van der Waals surface area (Å²) >= 11 is 5.92. The maximum Gasteiger partial charge on any atom is 0.411 e. The van der Waals surface area contributed by atoms with E-state index in [4.69, 9.17) is 16.3 Å². The van der Waals surface area contributed by atoms with Gasteiger partial charge >= 0.3 is 6.18 Å². The van der Waals surface area contributed by atoms with Gasteiger partial charge in [0.05, 0.1) is 18.2 Å². The van der Waals surface area contributed by atoms with Crippen molar-refractivity contribution in [3.63, 3.8) is 0 Å². The van der Waals surface area contributed by atoms with Gasteiger partial charge in [-0.3, -0.25) is 4.79 Å². The molecule has 0 atom stereocenters. The molecule has 1 aromatic carbocycles. The smallest absolute Gasteiger partial charge is 0.411 e. The van der Waals surface area contributed by atoms with Gasteiger partial charge in [0.1, 0.15) is 12.4 Å². The average molecular weight is 311 g/mol. The molecule has 1 aromatic rings. The van der Waals surface area contributed by atoms with E-state index >= 15 is 0 Å². The predicted octanol–water partition coefficient (Wildman–Crippen LogP) is 3.89. The van der Waals surface area contributed by atoms with Crippen molar-refractivity contribution in [2.75, 3.05) is 19.8 Å². The highest BCUT2D eigenvalue weighted by molar-refractivity contribution is 6.32. The van der Waals surface area contributed by atoms with Crippen molar-refractivity contribution in [1.29, 1.82) is 0 Å². The second-order valence-electron chi connectivity index (χ2n) is 4.07. The Morgan fingerprint density at radius 2 is 2.00 bits per heavy atom. The Morgan fingerprint density at radius 3 is 2.55 bits per heavy atom. The fourth-order valence-corrected chi connectivity index (χ4v) is 1.60. The molecule has 0 amide bonds. The average Bonchev–Trinajstić information content (AvgIpc) is 2.33. The Hall–Kier alpha value is -1.27. The van der Waals surface area contributed by atoms with Crippen molar-refractivity contribution in [2.45, 2.75) is 19.5 Å². The summed E-state index contributed by atoms with van der Waals surface area (Å²) in [6.07, 6.45) is -4.01. The van der Waals surface area contributed by atoms with E-state index in [-0.39, 0.29) is 24.0 Å². The van der Waals surface area contributed by atoms with Crippen molar-refractivity contribution in [2.24, 2.45) is 0 Å². The summed E-state index contributed by atoms with van der Waals surface area (Å²) in [5, 5.41) is 0.286. The van der Waals surface area contributed by atoms with E-state index in [1.54, 1.807) is 12.1 Å². The standard InChI is InChI=1S/C13H14ClF3O3/c1-9(18)10-3-4-12(11(14)7-10)20-6-2-5-19-8-13(15,16)17/h3-4,7H,2,5-6,8H2,1H3. The summed E-state index contributed by atoms with van der Waals surface area (Å²) in [5.74, 6) is 0.270. The van der Waals surface area contributed by atoms with Crippen molar-refractivity contribution in [1.82, 2.24) is 0 Å². The Labute approximate surface area is 119 Å². The van der Waals surface area contributed by atoms with E-state index in [9.17, 15) is 18.0 Å². The zero-order valence-electron chi connectivity index (χ0n) is 10.8. The molecule has 0 saturated carbocycles. The highest BCUT2D eigenvalue weighted by atomic mass is 35.5. The van der Waals surface area contributed by atoms with Crippen LogP contribution in [0.3, 0.4) is 0 Å². The van der Waals surface area contributed by atoms with Gasteiger partial charge in [-0.15, -0.1) is 0 Å². The minimum atomic E-state index is -4.31. The number of rotatable bonds is 7. The van der Waals surface area contributed by atoms with E-state index in [0.717, 1.165) is 0 Å². The number of halogens is 4. The quantitative estimate of drug-likeness (QED) is 0.566. The lowest BCUT2D eigenvalue weighted by Crippen LogP contribution is -2.18. The van der Waals surface area contributed by atoms with E-state index in [1.165, 1.54) is 13.0 Å². The normalized spacial score (nSPS) is 11.4. The molecule has 1 rings (SSSR count). The van der Waals surface area contributed by atoms with Gasteiger partial charge < -0.3 is 9.47 Å². The molecule has 0 spiro atoms. The van der Waals surface area contributed by atoms with Crippen molar-refractivity contribution < 1.29 is 27.4 Å². The fourth-order valence-electron chi connectivity index (χ4n) is 1.37.